The molecule has 0 aromatic rings. The smallest absolute Gasteiger partial charge is 0.550 e. The summed E-state index contributed by atoms with van der Waals surface area (Å²) in [6, 6.07) is 0. The average molecular weight is 973 g/mol. The third kappa shape index (κ3) is 45.8. The van der Waals surface area contributed by atoms with E-state index >= 15 is 0 Å². The molecule has 0 aliphatic rings. The Hall–Kier alpha value is -1.73. The SMILES string of the molecule is CCC(CC(OC(C)C)OC(C)C)C(=O)[O-].CCC(CC(OC(C)C)OC(C)C)C(=O)[O-].CCC(CC(OC(C)C)OC(C)C)C(=O)[O-].CCC(CC(OC(C)C)OC(C)C)C(=O)[O-].[Ti+4]. The second kappa shape index (κ2) is 42.4. The zero-order valence-electron chi connectivity index (χ0n) is 43.9. The molecule has 0 bridgehead atoms. The van der Waals surface area contributed by atoms with Gasteiger partial charge in [-0.25, -0.2) is 0 Å². The molecule has 0 aliphatic heterocycles. The summed E-state index contributed by atoms with van der Waals surface area (Å²) in [5.41, 5.74) is 0. The fourth-order valence-electron chi connectivity index (χ4n) is 5.65. The van der Waals surface area contributed by atoms with Crippen LogP contribution in [0.4, 0.5) is 0 Å². The Labute approximate surface area is 409 Å². The molecule has 0 saturated carbocycles. The number of hydrogen-bond donors (Lipinski definition) is 0. The second-order valence-corrected chi connectivity index (χ2v) is 17.8. The Morgan fingerprint density at radius 2 is 0.400 bits per heavy atom. The van der Waals surface area contributed by atoms with Crippen molar-refractivity contribution in [2.75, 3.05) is 0 Å². The Kier molecular flexibility index (Phi) is 47.1. The quantitative estimate of drug-likeness (QED) is 0.0613. The zero-order valence-corrected chi connectivity index (χ0v) is 45.5. The van der Waals surface area contributed by atoms with Crippen molar-refractivity contribution in [3.63, 3.8) is 0 Å². The van der Waals surface area contributed by atoms with Crippen LogP contribution in [0.1, 0.15) is 190 Å². The van der Waals surface area contributed by atoms with E-state index in [9.17, 15) is 39.6 Å². The molecule has 0 amide bonds. The molecular weight excluding hydrogens is 880 g/mol. The maximum absolute atomic E-state index is 10.8. The van der Waals surface area contributed by atoms with Gasteiger partial charge in [-0.1, -0.05) is 27.7 Å². The van der Waals surface area contributed by atoms with Crippen molar-refractivity contribution in [2.24, 2.45) is 23.7 Å². The first kappa shape index (κ1) is 72.3. The van der Waals surface area contributed by atoms with Crippen LogP contribution in [-0.2, 0) is 78.8 Å². The number of carboxylic acid groups (broad SMARTS) is 4. The number of ether oxygens (including phenoxy) is 8. The van der Waals surface area contributed by atoms with Crippen molar-refractivity contribution in [3.05, 3.63) is 0 Å². The van der Waals surface area contributed by atoms with Crippen LogP contribution in [0.15, 0.2) is 0 Å². The normalized spacial score (nSPS) is 13.5. The van der Waals surface area contributed by atoms with Crippen molar-refractivity contribution in [1.82, 2.24) is 0 Å². The molecule has 0 saturated heterocycles. The van der Waals surface area contributed by atoms with Gasteiger partial charge in [0.2, 0.25) is 0 Å². The summed E-state index contributed by atoms with van der Waals surface area (Å²) < 4.78 is 44.2. The molecule has 0 radical (unpaired) electrons. The number of hydrogen-bond acceptors (Lipinski definition) is 16. The van der Waals surface area contributed by atoms with Crippen LogP contribution >= 0.6 is 0 Å². The van der Waals surface area contributed by atoms with Crippen molar-refractivity contribution < 1.29 is 99.2 Å². The number of aliphatic carboxylic acids is 4. The van der Waals surface area contributed by atoms with Crippen LogP contribution in [0.2, 0.25) is 0 Å². The van der Waals surface area contributed by atoms with Crippen molar-refractivity contribution in [1.29, 1.82) is 0 Å². The third-order valence-electron chi connectivity index (χ3n) is 8.60. The molecule has 17 heteroatoms. The van der Waals surface area contributed by atoms with Gasteiger partial charge in [-0.3, -0.25) is 0 Å². The van der Waals surface area contributed by atoms with Gasteiger partial charge in [-0.05, 0) is 136 Å². The summed E-state index contributed by atoms with van der Waals surface area (Å²) in [6.45, 7) is 37.7. The summed E-state index contributed by atoms with van der Waals surface area (Å²) in [7, 11) is 0. The zero-order chi connectivity index (χ0) is 50.9. The van der Waals surface area contributed by atoms with E-state index in [0.29, 0.717) is 51.4 Å². The van der Waals surface area contributed by atoms with E-state index in [1.807, 2.05) is 138 Å². The molecule has 65 heavy (non-hydrogen) atoms. The molecule has 0 aliphatic carbocycles. The minimum absolute atomic E-state index is 0. The first-order valence-corrected chi connectivity index (χ1v) is 23.5. The minimum Gasteiger partial charge on any atom is -0.550 e. The number of carbonyl (C=O) groups is 4. The standard InChI is InChI=1S/4C12H24O4.Ti/c4*1-6-10(12(13)14)7-11(15-8(2)3)16-9(4)5;/h4*8-11H,6-7H2,1-5H3,(H,13,14);/q;;;;+4/p-4. The first-order chi connectivity index (χ1) is 29.4. The average Bonchev–Trinajstić information content (AvgIpc) is 3.12. The Morgan fingerprint density at radius 1 is 0.292 bits per heavy atom. The van der Waals surface area contributed by atoms with Gasteiger partial charge in [0, 0.05) is 73.2 Å². The van der Waals surface area contributed by atoms with E-state index in [0.717, 1.165) is 0 Å². The van der Waals surface area contributed by atoms with Gasteiger partial charge in [0.25, 0.3) is 0 Å². The van der Waals surface area contributed by atoms with E-state index in [1.165, 1.54) is 0 Å². The maximum Gasteiger partial charge on any atom is 4.00 e. The molecule has 0 aromatic heterocycles. The summed E-state index contributed by atoms with van der Waals surface area (Å²) in [6.07, 6.45) is 1.74. The van der Waals surface area contributed by atoms with Crippen molar-refractivity contribution in [3.8, 4) is 0 Å². The summed E-state index contributed by atoms with van der Waals surface area (Å²) >= 11 is 0. The molecule has 0 heterocycles. The van der Waals surface area contributed by atoms with Gasteiger partial charge in [0.15, 0.2) is 25.2 Å². The Balaban J connectivity index is -0.000000245. The second-order valence-electron chi connectivity index (χ2n) is 17.8. The molecular formula is C48H92O16Ti. The summed E-state index contributed by atoms with van der Waals surface area (Å²) in [4.78, 5) is 43.3. The largest absolute Gasteiger partial charge is 4.00 e. The molecule has 4 atom stereocenters. The summed E-state index contributed by atoms with van der Waals surface area (Å²) in [5.74, 6) is -6.19. The molecule has 384 valence electrons. The molecule has 0 N–H and O–H groups in total. The Morgan fingerprint density at radius 3 is 0.462 bits per heavy atom. The van der Waals surface area contributed by atoms with E-state index in [1.54, 1.807) is 0 Å². The monoisotopic (exact) mass is 973 g/mol. The van der Waals surface area contributed by atoms with E-state index in [4.69, 9.17) is 37.9 Å². The predicted molar refractivity (Wildman–Crippen MR) is 239 cm³/mol. The van der Waals surface area contributed by atoms with Crippen LogP contribution in [0.5, 0.6) is 0 Å². The topological polar surface area (TPSA) is 234 Å². The van der Waals surface area contributed by atoms with Crippen LogP contribution in [-0.4, -0.2) is 97.9 Å². The fourth-order valence-corrected chi connectivity index (χ4v) is 5.65. The van der Waals surface area contributed by atoms with Crippen molar-refractivity contribution >= 4 is 23.9 Å². The molecule has 0 aromatic carbocycles. The van der Waals surface area contributed by atoms with Gasteiger partial charge in [-0.15, -0.1) is 0 Å². The predicted octanol–water partition coefficient (Wildman–Crippen LogP) is 5.31. The molecule has 4 unspecified atom stereocenters. The van der Waals surface area contributed by atoms with Crippen LogP contribution in [0, 0.1) is 23.7 Å². The first-order valence-electron chi connectivity index (χ1n) is 23.5. The Bertz CT molecular complexity index is 948. The molecule has 16 nitrogen and oxygen atoms in total. The van der Waals surface area contributed by atoms with Crippen LogP contribution in [0.25, 0.3) is 0 Å². The van der Waals surface area contributed by atoms with Gasteiger partial charge in [0.05, 0.1) is 48.8 Å². The molecule has 0 rings (SSSR count). The van der Waals surface area contributed by atoms with Gasteiger partial charge >= 0.3 is 21.7 Å². The van der Waals surface area contributed by atoms with E-state index < -0.39 is 72.7 Å². The number of rotatable bonds is 32. The van der Waals surface area contributed by atoms with Gasteiger partial charge < -0.3 is 77.5 Å². The number of carbonyl (C=O) groups excluding carboxylic acids is 4. The fraction of sp³-hybridized carbons (Fsp3) is 0.917. The maximum atomic E-state index is 10.8. The van der Waals surface area contributed by atoms with Gasteiger partial charge in [-0.2, -0.15) is 0 Å². The van der Waals surface area contributed by atoms with Crippen molar-refractivity contribution in [2.45, 2.75) is 264 Å². The molecule has 0 spiro atoms. The van der Waals surface area contributed by atoms with E-state index in [-0.39, 0.29) is 70.5 Å². The minimum atomic E-state index is -1.03. The summed E-state index contributed by atoms with van der Waals surface area (Å²) in [5, 5.41) is 43.3. The number of carboxylic acids is 4. The third-order valence-corrected chi connectivity index (χ3v) is 8.60. The van der Waals surface area contributed by atoms with E-state index in [2.05, 4.69) is 0 Å². The van der Waals surface area contributed by atoms with Crippen LogP contribution < -0.4 is 20.4 Å². The van der Waals surface area contributed by atoms with Gasteiger partial charge in [0.1, 0.15) is 0 Å². The van der Waals surface area contributed by atoms with Crippen LogP contribution in [0.3, 0.4) is 0 Å². The molecule has 0 fully saturated rings.